The number of carbonyl (C=O) groups excluding carboxylic acids is 1. The summed E-state index contributed by atoms with van der Waals surface area (Å²) in [5, 5.41) is 0.743. The monoisotopic (exact) mass is 254 g/mol. The summed E-state index contributed by atoms with van der Waals surface area (Å²) in [4.78, 5) is 12.9. The van der Waals surface area contributed by atoms with Crippen LogP contribution in [0.1, 0.15) is 25.3 Å². The smallest absolute Gasteiger partial charge is 0.231 e. The first-order valence-corrected chi connectivity index (χ1v) is 6.16. The van der Waals surface area contributed by atoms with Gasteiger partial charge in [0.2, 0.25) is 5.91 Å². The molecule has 17 heavy (non-hydrogen) atoms. The second-order valence-electron chi connectivity index (χ2n) is 4.25. The van der Waals surface area contributed by atoms with Gasteiger partial charge >= 0.3 is 0 Å². The van der Waals surface area contributed by atoms with Crippen molar-refractivity contribution in [1.29, 1.82) is 0 Å². The summed E-state index contributed by atoms with van der Waals surface area (Å²) < 4.78 is 0. The molecule has 4 heteroatoms. The molecule has 0 saturated carbocycles. The van der Waals surface area contributed by atoms with Crippen molar-refractivity contribution < 1.29 is 4.79 Å². The molecule has 3 nitrogen and oxygen atoms in total. The van der Waals surface area contributed by atoms with E-state index >= 15 is 0 Å². The Morgan fingerprint density at radius 3 is 2.76 bits per heavy atom. The molecule has 0 fully saturated rings. The Morgan fingerprint density at radius 2 is 2.24 bits per heavy atom. The van der Waals surface area contributed by atoms with Crippen LogP contribution in [-0.4, -0.2) is 30.4 Å². The molecule has 2 N–H and O–H groups in total. The third kappa shape index (κ3) is 4.75. The van der Waals surface area contributed by atoms with E-state index in [0.717, 1.165) is 18.1 Å². The molecular weight excluding hydrogens is 236 g/mol. The molecule has 0 aliphatic heterocycles. The first kappa shape index (κ1) is 14.0. The number of likely N-dealkylation sites (N-methyl/N-ethyl adjacent to an activating group) is 1. The van der Waals surface area contributed by atoms with Crippen LogP contribution < -0.4 is 5.73 Å². The lowest BCUT2D eigenvalue weighted by molar-refractivity contribution is -0.119. The number of carbonyl (C=O) groups is 1. The van der Waals surface area contributed by atoms with E-state index in [4.69, 9.17) is 17.3 Å². The maximum Gasteiger partial charge on any atom is 0.231 e. The van der Waals surface area contributed by atoms with Gasteiger partial charge in [0.05, 0.1) is 6.54 Å². The Kier molecular flexibility index (Phi) is 5.45. The predicted octanol–water partition coefficient (Wildman–Crippen LogP) is 2.25. The fourth-order valence-corrected chi connectivity index (χ4v) is 2.03. The highest BCUT2D eigenvalue weighted by Gasteiger charge is 2.12. The third-order valence-corrected chi connectivity index (χ3v) is 3.01. The lowest BCUT2D eigenvalue weighted by Crippen LogP contribution is -2.36. The van der Waals surface area contributed by atoms with Crippen LogP contribution in [0.25, 0.3) is 0 Å². The highest BCUT2D eigenvalue weighted by molar-refractivity contribution is 6.30. The van der Waals surface area contributed by atoms with E-state index < -0.39 is 0 Å². The van der Waals surface area contributed by atoms with Gasteiger partial charge in [-0.15, -0.1) is 0 Å². The molecule has 0 unspecified atom stereocenters. The van der Waals surface area contributed by atoms with Gasteiger partial charge in [-0.1, -0.05) is 37.6 Å². The third-order valence-electron chi connectivity index (χ3n) is 2.78. The molecule has 1 rings (SSSR count). The summed E-state index contributed by atoms with van der Waals surface area (Å²) in [5.41, 5.74) is 6.39. The molecule has 0 saturated heterocycles. The van der Waals surface area contributed by atoms with E-state index in [1.807, 2.05) is 30.0 Å². The number of rotatable bonds is 6. The highest BCUT2D eigenvalue weighted by Crippen LogP contribution is 2.20. The van der Waals surface area contributed by atoms with Crippen LogP contribution >= 0.6 is 11.6 Å². The molecular formula is C13H19ClN2O. The number of benzene rings is 1. The van der Waals surface area contributed by atoms with Gasteiger partial charge in [0.15, 0.2) is 0 Å². The highest BCUT2D eigenvalue weighted by atomic mass is 35.5. The number of hydrogen-bond acceptors (Lipinski definition) is 2. The number of halogens is 1. The second-order valence-corrected chi connectivity index (χ2v) is 4.69. The number of nitrogens with two attached hydrogens (primary N) is 1. The number of amides is 1. The van der Waals surface area contributed by atoms with Gasteiger partial charge in [-0.25, -0.2) is 0 Å². The zero-order valence-corrected chi connectivity index (χ0v) is 11.1. The summed E-state index contributed by atoms with van der Waals surface area (Å²) >= 11 is 5.96. The van der Waals surface area contributed by atoms with Crippen LogP contribution in [0.4, 0.5) is 0 Å². The van der Waals surface area contributed by atoms with Gasteiger partial charge in [0.25, 0.3) is 0 Å². The first-order chi connectivity index (χ1) is 8.02. The largest absolute Gasteiger partial charge is 0.369 e. The summed E-state index contributed by atoms with van der Waals surface area (Å²) in [7, 11) is 0. The molecule has 0 aromatic heterocycles. The van der Waals surface area contributed by atoms with Crippen molar-refractivity contribution in [2.24, 2.45) is 5.73 Å². The zero-order chi connectivity index (χ0) is 12.8. The molecule has 0 heterocycles. The van der Waals surface area contributed by atoms with Gasteiger partial charge in [0.1, 0.15) is 0 Å². The summed E-state index contributed by atoms with van der Waals surface area (Å²) in [6.07, 6.45) is 0. The van der Waals surface area contributed by atoms with Crippen molar-refractivity contribution in [3.05, 3.63) is 34.9 Å². The van der Waals surface area contributed by atoms with Crippen molar-refractivity contribution >= 4 is 17.5 Å². The number of nitrogens with zero attached hydrogens (tertiary/aromatic N) is 1. The minimum atomic E-state index is -0.287. The van der Waals surface area contributed by atoms with Crippen LogP contribution in [0, 0.1) is 0 Å². The van der Waals surface area contributed by atoms with Crippen molar-refractivity contribution in [1.82, 2.24) is 4.90 Å². The predicted molar refractivity (Wildman–Crippen MR) is 71.2 cm³/mol. The zero-order valence-electron chi connectivity index (χ0n) is 10.3. The fourth-order valence-electron chi connectivity index (χ4n) is 1.83. The van der Waals surface area contributed by atoms with Crippen LogP contribution in [0.15, 0.2) is 24.3 Å². The van der Waals surface area contributed by atoms with Crippen molar-refractivity contribution in [3.8, 4) is 0 Å². The molecule has 1 aromatic rings. The summed E-state index contributed by atoms with van der Waals surface area (Å²) in [6.45, 7) is 6.07. The lowest BCUT2D eigenvalue weighted by Gasteiger charge is -2.23. The average molecular weight is 255 g/mol. The molecule has 0 spiro atoms. The fraction of sp³-hybridized carbons (Fsp3) is 0.462. The van der Waals surface area contributed by atoms with Gasteiger partial charge in [-0.2, -0.15) is 0 Å². The Hall–Kier alpha value is -1.06. The van der Waals surface area contributed by atoms with E-state index in [2.05, 4.69) is 13.0 Å². The molecule has 1 amide bonds. The van der Waals surface area contributed by atoms with Gasteiger partial charge < -0.3 is 5.73 Å². The van der Waals surface area contributed by atoms with Crippen LogP contribution in [-0.2, 0) is 4.79 Å². The quantitative estimate of drug-likeness (QED) is 0.846. The standard InChI is InChI=1S/C13H19ClN2O/c1-3-16(9-13(15)17)8-10(2)11-5-4-6-12(14)7-11/h4-7,10H,3,8-9H2,1-2H3,(H2,15,17)/t10-/m0/s1. The van der Waals surface area contributed by atoms with E-state index in [0.29, 0.717) is 12.5 Å². The Labute approximate surface area is 108 Å². The van der Waals surface area contributed by atoms with E-state index in [1.165, 1.54) is 5.56 Å². The second kappa shape index (κ2) is 6.62. The lowest BCUT2D eigenvalue weighted by atomic mass is 10.0. The van der Waals surface area contributed by atoms with Gasteiger partial charge in [0, 0.05) is 11.6 Å². The van der Waals surface area contributed by atoms with E-state index in [9.17, 15) is 4.79 Å². The molecule has 94 valence electrons. The van der Waals surface area contributed by atoms with Crippen molar-refractivity contribution in [3.63, 3.8) is 0 Å². The molecule has 1 aromatic carbocycles. The van der Waals surface area contributed by atoms with Gasteiger partial charge in [-0.3, -0.25) is 9.69 Å². The Balaban J connectivity index is 2.63. The number of hydrogen-bond donors (Lipinski definition) is 1. The summed E-state index contributed by atoms with van der Waals surface area (Å²) in [6, 6.07) is 7.82. The normalized spacial score (nSPS) is 12.7. The summed E-state index contributed by atoms with van der Waals surface area (Å²) in [5.74, 6) is 0.0399. The maximum absolute atomic E-state index is 10.9. The Morgan fingerprint density at radius 1 is 1.53 bits per heavy atom. The Bertz CT molecular complexity index is 381. The van der Waals surface area contributed by atoms with Gasteiger partial charge in [-0.05, 0) is 30.2 Å². The minimum absolute atomic E-state index is 0.287. The van der Waals surface area contributed by atoms with E-state index in [1.54, 1.807) is 0 Å². The molecule has 0 bridgehead atoms. The minimum Gasteiger partial charge on any atom is -0.369 e. The van der Waals surface area contributed by atoms with Crippen molar-refractivity contribution in [2.45, 2.75) is 19.8 Å². The molecule has 0 aliphatic rings. The number of primary amides is 1. The van der Waals surface area contributed by atoms with Crippen LogP contribution in [0.3, 0.4) is 0 Å². The molecule has 0 aliphatic carbocycles. The first-order valence-electron chi connectivity index (χ1n) is 5.79. The topological polar surface area (TPSA) is 46.3 Å². The molecule has 1 atom stereocenters. The van der Waals surface area contributed by atoms with Crippen molar-refractivity contribution in [2.75, 3.05) is 19.6 Å². The SMILES string of the molecule is CCN(CC(N)=O)C[C@H](C)c1cccc(Cl)c1. The maximum atomic E-state index is 10.9. The van der Waals surface area contributed by atoms with Crippen LogP contribution in [0.2, 0.25) is 5.02 Å². The van der Waals surface area contributed by atoms with Crippen LogP contribution in [0.5, 0.6) is 0 Å². The average Bonchev–Trinajstić information content (AvgIpc) is 2.27. The van der Waals surface area contributed by atoms with E-state index in [-0.39, 0.29) is 5.91 Å². The molecule has 0 radical (unpaired) electrons.